The highest BCUT2D eigenvalue weighted by Gasteiger charge is 2.03. The molecule has 0 aliphatic carbocycles. The van der Waals surface area contributed by atoms with E-state index < -0.39 is 11.6 Å². The third-order valence-corrected chi connectivity index (χ3v) is 3.24. The standard InChI is InChI=1S/C13H11F2NS/c14-12-5-4-11(9-13(12)15)17-8-6-10-3-1-2-7-16-10/h1-5,7,9H,6,8H2. The molecule has 0 spiro atoms. The molecule has 0 fully saturated rings. The van der Waals surface area contributed by atoms with Crippen LogP contribution in [0.15, 0.2) is 47.5 Å². The van der Waals surface area contributed by atoms with E-state index in [2.05, 4.69) is 4.98 Å². The first-order valence-corrected chi connectivity index (χ1v) is 6.22. The molecule has 0 amide bonds. The molecule has 2 aromatic rings. The second-order valence-corrected chi connectivity index (χ2v) is 4.66. The number of rotatable bonds is 4. The molecular formula is C13H11F2NS. The third-order valence-electron chi connectivity index (χ3n) is 2.24. The number of halogens is 2. The predicted molar refractivity (Wildman–Crippen MR) is 65.0 cm³/mol. The summed E-state index contributed by atoms with van der Waals surface area (Å²) >= 11 is 1.49. The third kappa shape index (κ3) is 3.53. The normalized spacial score (nSPS) is 10.5. The summed E-state index contributed by atoms with van der Waals surface area (Å²) in [5.41, 5.74) is 1.00. The molecule has 0 aliphatic rings. The number of hydrogen-bond donors (Lipinski definition) is 0. The van der Waals surface area contributed by atoms with Gasteiger partial charge in [0.15, 0.2) is 11.6 Å². The van der Waals surface area contributed by atoms with Gasteiger partial charge in [-0.15, -0.1) is 11.8 Å². The fourth-order valence-corrected chi connectivity index (χ4v) is 2.28. The molecular weight excluding hydrogens is 240 g/mol. The number of nitrogens with zero attached hydrogens (tertiary/aromatic N) is 1. The van der Waals surface area contributed by atoms with Gasteiger partial charge in [0, 0.05) is 22.5 Å². The molecule has 0 unspecified atom stereocenters. The second kappa shape index (κ2) is 5.77. The molecule has 0 radical (unpaired) electrons. The first-order valence-electron chi connectivity index (χ1n) is 5.23. The van der Waals surface area contributed by atoms with Crippen molar-refractivity contribution >= 4 is 11.8 Å². The van der Waals surface area contributed by atoms with E-state index in [1.165, 1.54) is 17.8 Å². The number of pyridine rings is 1. The average Bonchev–Trinajstić information content (AvgIpc) is 2.35. The molecule has 0 bridgehead atoms. The first-order chi connectivity index (χ1) is 8.25. The lowest BCUT2D eigenvalue weighted by molar-refractivity contribution is 0.506. The lowest BCUT2D eigenvalue weighted by Crippen LogP contribution is -1.92. The number of hydrogen-bond acceptors (Lipinski definition) is 2. The maximum atomic E-state index is 12.9. The largest absolute Gasteiger partial charge is 0.261 e. The fourth-order valence-electron chi connectivity index (χ4n) is 1.39. The van der Waals surface area contributed by atoms with Gasteiger partial charge in [-0.3, -0.25) is 4.98 Å². The molecule has 0 N–H and O–H groups in total. The summed E-state index contributed by atoms with van der Waals surface area (Å²) in [4.78, 5) is 4.93. The van der Waals surface area contributed by atoms with E-state index in [4.69, 9.17) is 0 Å². The molecule has 17 heavy (non-hydrogen) atoms. The van der Waals surface area contributed by atoms with Crippen molar-refractivity contribution in [2.75, 3.05) is 5.75 Å². The van der Waals surface area contributed by atoms with Crippen LogP contribution in [-0.4, -0.2) is 10.7 Å². The van der Waals surface area contributed by atoms with E-state index in [0.29, 0.717) is 0 Å². The van der Waals surface area contributed by atoms with E-state index in [1.54, 1.807) is 12.3 Å². The van der Waals surface area contributed by atoms with Crippen LogP contribution in [0.4, 0.5) is 8.78 Å². The smallest absolute Gasteiger partial charge is 0.159 e. The van der Waals surface area contributed by atoms with Crippen molar-refractivity contribution in [1.29, 1.82) is 0 Å². The van der Waals surface area contributed by atoms with Crippen molar-refractivity contribution in [3.05, 3.63) is 59.9 Å². The Labute approximate surface area is 103 Å². The van der Waals surface area contributed by atoms with Crippen molar-refractivity contribution < 1.29 is 8.78 Å². The van der Waals surface area contributed by atoms with Crippen LogP contribution in [0.1, 0.15) is 5.69 Å². The van der Waals surface area contributed by atoms with Gasteiger partial charge >= 0.3 is 0 Å². The molecule has 1 aromatic carbocycles. The zero-order chi connectivity index (χ0) is 12.1. The summed E-state index contributed by atoms with van der Waals surface area (Å²) in [6.45, 7) is 0. The van der Waals surface area contributed by atoms with Crippen molar-refractivity contribution in [2.24, 2.45) is 0 Å². The summed E-state index contributed by atoms with van der Waals surface area (Å²) < 4.78 is 25.6. The van der Waals surface area contributed by atoms with Crippen molar-refractivity contribution in [3.63, 3.8) is 0 Å². The maximum Gasteiger partial charge on any atom is 0.159 e. The van der Waals surface area contributed by atoms with Crippen LogP contribution in [0.5, 0.6) is 0 Å². The second-order valence-electron chi connectivity index (χ2n) is 3.50. The molecule has 0 saturated carbocycles. The Morgan fingerprint density at radius 2 is 1.94 bits per heavy atom. The van der Waals surface area contributed by atoms with Crippen LogP contribution in [0.2, 0.25) is 0 Å². The van der Waals surface area contributed by atoms with Crippen LogP contribution < -0.4 is 0 Å². The maximum absolute atomic E-state index is 12.9. The summed E-state index contributed by atoms with van der Waals surface area (Å²) in [5, 5.41) is 0. The summed E-state index contributed by atoms with van der Waals surface area (Å²) in [7, 11) is 0. The van der Waals surface area contributed by atoms with E-state index in [-0.39, 0.29) is 0 Å². The summed E-state index contributed by atoms with van der Waals surface area (Å²) in [5.74, 6) is -0.811. The minimum Gasteiger partial charge on any atom is -0.261 e. The number of benzene rings is 1. The Morgan fingerprint density at radius 1 is 1.06 bits per heavy atom. The lowest BCUT2D eigenvalue weighted by Gasteiger charge is -2.02. The Hall–Kier alpha value is -1.42. The van der Waals surface area contributed by atoms with Gasteiger partial charge in [-0.25, -0.2) is 8.78 Å². The number of aromatic nitrogens is 1. The van der Waals surface area contributed by atoms with E-state index in [1.807, 2.05) is 18.2 Å². The molecule has 4 heteroatoms. The summed E-state index contributed by atoms with van der Waals surface area (Å²) in [6.07, 6.45) is 2.56. The molecule has 1 nitrogen and oxygen atoms in total. The molecule has 0 atom stereocenters. The van der Waals surface area contributed by atoms with Crippen LogP contribution in [-0.2, 0) is 6.42 Å². The zero-order valence-electron chi connectivity index (χ0n) is 9.07. The highest BCUT2D eigenvalue weighted by molar-refractivity contribution is 7.99. The van der Waals surface area contributed by atoms with Gasteiger partial charge in [0.2, 0.25) is 0 Å². The summed E-state index contributed by atoms with van der Waals surface area (Å²) in [6, 6.07) is 9.71. The topological polar surface area (TPSA) is 12.9 Å². The van der Waals surface area contributed by atoms with Crippen molar-refractivity contribution in [1.82, 2.24) is 4.98 Å². The quantitative estimate of drug-likeness (QED) is 0.768. The van der Waals surface area contributed by atoms with Gasteiger partial charge < -0.3 is 0 Å². The van der Waals surface area contributed by atoms with Gasteiger partial charge in [-0.2, -0.15) is 0 Å². The molecule has 1 aromatic heterocycles. The highest BCUT2D eigenvalue weighted by Crippen LogP contribution is 2.21. The SMILES string of the molecule is Fc1ccc(SCCc2ccccn2)cc1F. The molecule has 0 saturated heterocycles. The Morgan fingerprint density at radius 3 is 2.65 bits per heavy atom. The molecule has 88 valence electrons. The van der Waals surface area contributed by atoms with Gasteiger partial charge in [-0.1, -0.05) is 6.07 Å². The Balaban J connectivity index is 1.88. The van der Waals surface area contributed by atoms with Gasteiger partial charge in [0.1, 0.15) is 0 Å². The van der Waals surface area contributed by atoms with E-state index in [9.17, 15) is 8.78 Å². The van der Waals surface area contributed by atoms with Gasteiger partial charge in [0.25, 0.3) is 0 Å². The fraction of sp³-hybridized carbons (Fsp3) is 0.154. The van der Waals surface area contributed by atoms with E-state index in [0.717, 1.165) is 28.8 Å². The minimum absolute atomic E-state index is 0.736. The number of thioether (sulfide) groups is 1. The monoisotopic (exact) mass is 251 g/mol. The van der Waals surface area contributed by atoms with Crippen molar-refractivity contribution in [3.8, 4) is 0 Å². The van der Waals surface area contributed by atoms with Crippen LogP contribution in [0, 0.1) is 11.6 Å². The average molecular weight is 251 g/mol. The predicted octanol–water partition coefficient (Wildman–Crippen LogP) is 3.69. The van der Waals surface area contributed by atoms with Gasteiger partial charge in [-0.05, 0) is 36.8 Å². The molecule has 0 aliphatic heterocycles. The van der Waals surface area contributed by atoms with Crippen LogP contribution in [0.25, 0.3) is 0 Å². The lowest BCUT2D eigenvalue weighted by atomic mass is 10.3. The Bertz CT molecular complexity index is 488. The zero-order valence-corrected chi connectivity index (χ0v) is 9.88. The van der Waals surface area contributed by atoms with Gasteiger partial charge in [0.05, 0.1) is 0 Å². The number of aryl methyl sites for hydroxylation is 1. The van der Waals surface area contributed by atoms with Crippen LogP contribution in [0.3, 0.4) is 0 Å². The molecule has 2 rings (SSSR count). The highest BCUT2D eigenvalue weighted by atomic mass is 32.2. The minimum atomic E-state index is -0.806. The Kier molecular flexibility index (Phi) is 4.09. The first kappa shape index (κ1) is 12.0. The molecule has 1 heterocycles. The van der Waals surface area contributed by atoms with E-state index >= 15 is 0 Å². The van der Waals surface area contributed by atoms with Crippen molar-refractivity contribution in [2.45, 2.75) is 11.3 Å². The van der Waals surface area contributed by atoms with Crippen LogP contribution >= 0.6 is 11.8 Å².